The molecule has 0 radical (unpaired) electrons. The van der Waals surface area contributed by atoms with Crippen LogP contribution in [0.2, 0.25) is 0 Å². The van der Waals surface area contributed by atoms with Gasteiger partial charge in [0.1, 0.15) is 4.83 Å². The van der Waals surface area contributed by atoms with E-state index in [9.17, 15) is 13.2 Å². The first-order valence-corrected chi connectivity index (χ1v) is 12.5. The third-order valence-corrected chi connectivity index (χ3v) is 8.61. The highest BCUT2D eigenvalue weighted by molar-refractivity contribution is 8.00. The van der Waals surface area contributed by atoms with Gasteiger partial charge >= 0.3 is 0 Å². The van der Waals surface area contributed by atoms with Crippen molar-refractivity contribution in [1.82, 2.24) is 9.55 Å². The predicted octanol–water partition coefficient (Wildman–Crippen LogP) is 4.15. The number of nitrogens with zero attached hydrogens (tertiary/aromatic N) is 2. The van der Waals surface area contributed by atoms with Crippen molar-refractivity contribution in [3.8, 4) is 10.4 Å². The largest absolute Gasteiger partial charge is 0.283 e. The van der Waals surface area contributed by atoms with Gasteiger partial charge in [-0.1, -0.05) is 55.1 Å². The van der Waals surface area contributed by atoms with Gasteiger partial charge < -0.3 is 0 Å². The van der Waals surface area contributed by atoms with Crippen molar-refractivity contribution in [2.75, 3.05) is 17.3 Å². The molecule has 5 nitrogen and oxygen atoms in total. The fraction of sp³-hybridized carbons (Fsp3) is 0.300. The third kappa shape index (κ3) is 4.24. The quantitative estimate of drug-likeness (QED) is 0.303. The van der Waals surface area contributed by atoms with Crippen LogP contribution in [0, 0.1) is 6.92 Å². The molecule has 0 N–H and O–H groups in total. The zero-order valence-electron chi connectivity index (χ0n) is 15.8. The van der Waals surface area contributed by atoms with Gasteiger partial charge in [0.15, 0.2) is 15.0 Å². The van der Waals surface area contributed by atoms with Crippen molar-refractivity contribution in [1.29, 1.82) is 0 Å². The molecule has 3 rings (SSSR count). The van der Waals surface area contributed by atoms with Crippen LogP contribution in [-0.4, -0.2) is 35.2 Å². The first-order valence-electron chi connectivity index (χ1n) is 8.91. The summed E-state index contributed by atoms with van der Waals surface area (Å²) >= 11 is 2.79. The van der Waals surface area contributed by atoms with E-state index >= 15 is 0 Å². The molecule has 0 atom stereocenters. The van der Waals surface area contributed by atoms with Gasteiger partial charge in [0.25, 0.3) is 5.56 Å². The number of allylic oxidation sites excluding steroid dienone is 1. The lowest BCUT2D eigenvalue weighted by Crippen LogP contribution is -2.23. The van der Waals surface area contributed by atoms with Crippen LogP contribution in [-0.2, 0) is 16.4 Å². The minimum absolute atomic E-state index is 0.0644. The van der Waals surface area contributed by atoms with Gasteiger partial charge in [-0.2, -0.15) is 0 Å². The van der Waals surface area contributed by atoms with Crippen molar-refractivity contribution in [3.05, 3.63) is 58.9 Å². The zero-order chi connectivity index (χ0) is 20.3. The summed E-state index contributed by atoms with van der Waals surface area (Å²) in [6.07, 6.45) is 1.65. The second-order valence-corrected chi connectivity index (χ2v) is 10.8. The van der Waals surface area contributed by atoms with E-state index in [-0.39, 0.29) is 17.1 Å². The van der Waals surface area contributed by atoms with Crippen LogP contribution in [0.5, 0.6) is 0 Å². The number of thiophene rings is 1. The molecule has 0 bridgehead atoms. The van der Waals surface area contributed by atoms with Crippen LogP contribution < -0.4 is 5.56 Å². The first kappa shape index (κ1) is 20.8. The monoisotopic (exact) mass is 434 g/mol. The standard InChI is InChI=1S/C20H22N2O3S3/c1-4-11-22-19(23)16-14(3)17(15-9-7-6-8-10-15)27-18(16)21-20(22)26-12-13-28(24,25)5-2/h4,6-10H,1,5,11-13H2,2-3H3. The topological polar surface area (TPSA) is 69.0 Å². The maximum atomic E-state index is 13.2. The molecular formula is C20H22N2O3S3. The average Bonchev–Trinajstić information content (AvgIpc) is 3.02. The molecule has 0 spiro atoms. The lowest BCUT2D eigenvalue weighted by molar-refractivity contribution is 0.598. The van der Waals surface area contributed by atoms with Crippen LogP contribution in [0.25, 0.3) is 20.7 Å². The van der Waals surface area contributed by atoms with Gasteiger partial charge in [0, 0.05) is 22.9 Å². The normalized spacial score (nSPS) is 11.8. The smallest absolute Gasteiger partial charge is 0.263 e. The molecule has 2 heterocycles. The number of thioether (sulfide) groups is 1. The van der Waals surface area contributed by atoms with Crippen molar-refractivity contribution in [2.45, 2.75) is 25.5 Å². The number of aromatic nitrogens is 2. The summed E-state index contributed by atoms with van der Waals surface area (Å²) in [5.41, 5.74) is 1.87. The molecule has 0 aliphatic rings. The van der Waals surface area contributed by atoms with Gasteiger partial charge in [-0.25, -0.2) is 13.4 Å². The van der Waals surface area contributed by atoms with Crippen LogP contribution in [0.1, 0.15) is 12.5 Å². The van der Waals surface area contributed by atoms with Crippen LogP contribution in [0.4, 0.5) is 0 Å². The SMILES string of the molecule is C=CCn1c(SCCS(=O)(=O)CC)nc2sc(-c3ccccc3)c(C)c2c1=O. The molecule has 28 heavy (non-hydrogen) atoms. The van der Waals surface area contributed by atoms with Crippen molar-refractivity contribution < 1.29 is 8.42 Å². The molecule has 0 aliphatic heterocycles. The summed E-state index contributed by atoms with van der Waals surface area (Å²) in [6.45, 7) is 7.65. The van der Waals surface area contributed by atoms with Crippen molar-refractivity contribution >= 4 is 43.2 Å². The lowest BCUT2D eigenvalue weighted by atomic mass is 10.1. The number of rotatable bonds is 8. The Labute approximate surface area is 173 Å². The molecule has 0 fully saturated rings. The molecule has 148 valence electrons. The summed E-state index contributed by atoms with van der Waals surface area (Å²) in [5.74, 6) is 0.542. The number of aryl methyl sites for hydroxylation is 1. The van der Waals surface area contributed by atoms with Crippen LogP contribution in [0.3, 0.4) is 0 Å². The van der Waals surface area contributed by atoms with E-state index < -0.39 is 9.84 Å². The van der Waals surface area contributed by atoms with E-state index in [1.807, 2.05) is 37.3 Å². The second-order valence-electron chi connectivity index (χ2n) is 6.29. The van der Waals surface area contributed by atoms with Crippen molar-refractivity contribution in [2.24, 2.45) is 0 Å². The fourth-order valence-electron chi connectivity index (χ4n) is 2.87. The summed E-state index contributed by atoms with van der Waals surface area (Å²) in [5, 5.41) is 1.15. The van der Waals surface area contributed by atoms with E-state index in [0.717, 1.165) is 16.0 Å². The molecule has 0 saturated heterocycles. The highest BCUT2D eigenvalue weighted by atomic mass is 32.2. The highest BCUT2D eigenvalue weighted by Crippen LogP contribution is 2.36. The highest BCUT2D eigenvalue weighted by Gasteiger charge is 2.19. The number of fused-ring (bicyclic) bond motifs is 1. The Morgan fingerprint density at radius 2 is 2.00 bits per heavy atom. The number of hydrogen-bond acceptors (Lipinski definition) is 6. The Bertz CT molecular complexity index is 1160. The molecular weight excluding hydrogens is 412 g/mol. The maximum Gasteiger partial charge on any atom is 0.263 e. The molecule has 0 saturated carbocycles. The summed E-state index contributed by atoms with van der Waals surface area (Å²) < 4.78 is 25.1. The minimum atomic E-state index is -3.06. The molecule has 2 aromatic heterocycles. The molecule has 1 aromatic carbocycles. The molecule has 8 heteroatoms. The molecule has 0 aliphatic carbocycles. The minimum Gasteiger partial charge on any atom is -0.283 e. The summed E-state index contributed by atoms with van der Waals surface area (Å²) in [7, 11) is -3.06. The Morgan fingerprint density at radius 3 is 2.64 bits per heavy atom. The first-order chi connectivity index (χ1) is 13.4. The van der Waals surface area contributed by atoms with Crippen molar-refractivity contribution in [3.63, 3.8) is 0 Å². The van der Waals surface area contributed by atoms with E-state index in [2.05, 4.69) is 6.58 Å². The van der Waals surface area contributed by atoms with E-state index in [1.54, 1.807) is 17.6 Å². The number of benzene rings is 1. The lowest BCUT2D eigenvalue weighted by Gasteiger charge is -2.10. The fourth-order valence-corrected chi connectivity index (χ4v) is 6.39. The van der Waals surface area contributed by atoms with Gasteiger partial charge in [-0.3, -0.25) is 9.36 Å². The third-order valence-electron chi connectivity index (χ3n) is 4.43. The average molecular weight is 435 g/mol. The number of hydrogen-bond donors (Lipinski definition) is 0. The summed E-state index contributed by atoms with van der Waals surface area (Å²) in [6, 6.07) is 9.94. The molecule has 3 aromatic rings. The Balaban J connectivity index is 2.08. The van der Waals surface area contributed by atoms with Crippen LogP contribution in [0.15, 0.2) is 52.9 Å². The van der Waals surface area contributed by atoms with E-state index in [4.69, 9.17) is 4.98 Å². The van der Waals surface area contributed by atoms with Crippen LogP contribution >= 0.6 is 23.1 Å². The van der Waals surface area contributed by atoms with Gasteiger partial charge in [-0.15, -0.1) is 17.9 Å². The Kier molecular flexibility index (Phi) is 6.42. The Hall–Kier alpha value is -1.90. The molecule has 0 unspecified atom stereocenters. The van der Waals surface area contributed by atoms with Gasteiger partial charge in [0.05, 0.1) is 11.1 Å². The zero-order valence-corrected chi connectivity index (χ0v) is 18.3. The Morgan fingerprint density at radius 1 is 1.29 bits per heavy atom. The van der Waals surface area contributed by atoms with Gasteiger partial charge in [0.2, 0.25) is 0 Å². The predicted molar refractivity (Wildman–Crippen MR) is 119 cm³/mol. The summed E-state index contributed by atoms with van der Waals surface area (Å²) in [4.78, 5) is 19.6. The van der Waals surface area contributed by atoms with Gasteiger partial charge in [-0.05, 0) is 18.1 Å². The van der Waals surface area contributed by atoms with E-state index in [1.165, 1.54) is 23.1 Å². The second kappa shape index (κ2) is 8.63. The molecule has 0 amide bonds. The maximum absolute atomic E-state index is 13.2. The number of sulfone groups is 1. The van der Waals surface area contributed by atoms with E-state index in [0.29, 0.717) is 27.7 Å².